The maximum Gasteiger partial charge on any atom is 0.343 e. The molecule has 0 aromatic heterocycles. The van der Waals surface area contributed by atoms with Gasteiger partial charge in [0.25, 0.3) is 0 Å². The van der Waals surface area contributed by atoms with Gasteiger partial charge in [-0.1, -0.05) is 60.1 Å². The number of ether oxygens (including phenoxy) is 3. The number of hydrogen-bond donors (Lipinski definition) is 1. The van der Waals surface area contributed by atoms with Crippen molar-refractivity contribution >= 4 is 17.6 Å². The normalized spacial score (nSPS) is 14.2. The van der Waals surface area contributed by atoms with E-state index in [1.54, 1.807) is 42.5 Å². The molecule has 1 aliphatic rings. The Hall–Kier alpha value is -4.73. The van der Waals surface area contributed by atoms with Crippen molar-refractivity contribution in [3.63, 3.8) is 0 Å². The highest BCUT2D eigenvalue weighted by Gasteiger charge is 2.31. The summed E-state index contributed by atoms with van der Waals surface area (Å²) in [5.74, 6) is 0.391. The highest BCUT2D eigenvalue weighted by atomic mass is 35.5. The molecule has 7 heteroatoms. The smallest absolute Gasteiger partial charge is 0.343 e. The molecule has 1 aliphatic heterocycles. The molecule has 2 N–H and O–H groups in total. The van der Waals surface area contributed by atoms with Crippen molar-refractivity contribution in [2.24, 2.45) is 5.73 Å². The molecular weight excluding hydrogens is 488 g/mol. The zero-order chi connectivity index (χ0) is 25.8. The van der Waals surface area contributed by atoms with Crippen LogP contribution in [0.3, 0.4) is 0 Å². The lowest BCUT2D eigenvalue weighted by Crippen LogP contribution is -2.21. The Balaban J connectivity index is 1.42. The van der Waals surface area contributed by atoms with Gasteiger partial charge in [0.2, 0.25) is 5.88 Å². The average molecular weight is 509 g/mol. The summed E-state index contributed by atoms with van der Waals surface area (Å²) >= 11 is 5.96. The van der Waals surface area contributed by atoms with E-state index < -0.39 is 11.9 Å². The van der Waals surface area contributed by atoms with Crippen molar-refractivity contribution in [3.8, 4) is 23.3 Å². The number of nitrogens with two attached hydrogens (primary N) is 1. The summed E-state index contributed by atoms with van der Waals surface area (Å²) in [7, 11) is 0. The van der Waals surface area contributed by atoms with Gasteiger partial charge in [-0.3, -0.25) is 0 Å². The molecule has 1 heterocycles. The molecule has 0 aliphatic carbocycles. The number of nitriles is 1. The van der Waals surface area contributed by atoms with Crippen LogP contribution >= 0.6 is 11.6 Å². The molecule has 4 aromatic carbocycles. The fourth-order valence-corrected chi connectivity index (χ4v) is 4.24. The van der Waals surface area contributed by atoms with Gasteiger partial charge >= 0.3 is 5.97 Å². The minimum absolute atomic E-state index is 0.000906. The molecule has 0 fully saturated rings. The standard InChI is InChI=1S/C30H21ClN2O4/c31-22-11-9-19(10-12-22)18-35-23-8-4-7-21(15-23)28-25-14-13-24(16-27(25)37-29(33)26(28)17-32)36-30(34)20-5-2-1-3-6-20/h1-16,28H,18,33H2. The van der Waals surface area contributed by atoms with Crippen molar-refractivity contribution in [1.82, 2.24) is 0 Å². The molecule has 5 rings (SSSR count). The van der Waals surface area contributed by atoms with Crippen molar-refractivity contribution in [2.75, 3.05) is 0 Å². The van der Waals surface area contributed by atoms with Gasteiger partial charge in [-0.15, -0.1) is 0 Å². The fraction of sp³-hybridized carbons (Fsp3) is 0.0667. The van der Waals surface area contributed by atoms with E-state index in [1.165, 1.54) is 0 Å². The predicted molar refractivity (Wildman–Crippen MR) is 139 cm³/mol. The van der Waals surface area contributed by atoms with Crippen LogP contribution in [0.2, 0.25) is 5.02 Å². The van der Waals surface area contributed by atoms with Crippen LogP contribution in [-0.4, -0.2) is 5.97 Å². The first-order chi connectivity index (χ1) is 18.0. The zero-order valence-electron chi connectivity index (χ0n) is 19.6. The predicted octanol–water partition coefficient (Wildman–Crippen LogP) is 6.36. The topological polar surface area (TPSA) is 94.6 Å². The van der Waals surface area contributed by atoms with Crippen LogP contribution in [0.25, 0.3) is 0 Å². The molecule has 182 valence electrons. The molecular formula is C30H21ClN2O4. The molecule has 0 saturated carbocycles. The first-order valence-corrected chi connectivity index (χ1v) is 11.9. The molecule has 0 radical (unpaired) electrons. The summed E-state index contributed by atoms with van der Waals surface area (Å²) in [6.45, 7) is 0.365. The Morgan fingerprint density at radius 3 is 2.49 bits per heavy atom. The number of carbonyl (C=O) groups excluding carboxylic acids is 1. The summed E-state index contributed by atoms with van der Waals surface area (Å²) in [6.07, 6.45) is 0. The third-order valence-corrected chi connectivity index (χ3v) is 6.17. The minimum Gasteiger partial charge on any atom is -0.489 e. The van der Waals surface area contributed by atoms with Gasteiger partial charge < -0.3 is 19.9 Å². The average Bonchev–Trinajstić information content (AvgIpc) is 2.92. The van der Waals surface area contributed by atoms with Crippen LogP contribution in [0.15, 0.2) is 109 Å². The Kier molecular flexibility index (Phi) is 6.80. The van der Waals surface area contributed by atoms with Crippen LogP contribution in [-0.2, 0) is 6.61 Å². The number of fused-ring (bicyclic) bond motifs is 1. The van der Waals surface area contributed by atoms with Crippen LogP contribution in [0.5, 0.6) is 17.2 Å². The number of allylic oxidation sites excluding steroid dienone is 1. The zero-order valence-corrected chi connectivity index (χ0v) is 20.3. The third-order valence-electron chi connectivity index (χ3n) is 5.92. The number of nitrogens with zero attached hydrogens (tertiary/aromatic N) is 1. The van der Waals surface area contributed by atoms with Gasteiger partial charge in [0, 0.05) is 16.7 Å². The monoisotopic (exact) mass is 508 g/mol. The van der Waals surface area contributed by atoms with Crippen molar-refractivity contribution in [3.05, 3.63) is 136 Å². The highest BCUT2D eigenvalue weighted by Crippen LogP contribution is 2.44. The largest absolute Gasteiger partial charge is 0.489 e. The lowest BCUT2D eigenvalue weighted by Gasteiger charge is -2.27. The van der Waals surface area contributed by atoms with E-state index >= 15 is 0 Å². The van der Waals surface area contributed by atoms with Gasteiger partial charge in [-0.2, -0.15) is 5.26 Å². The van der Waals surface area contributed by atoms with E-state index in [0.717, 1.165) is 16.7 Å². The molecule has 0 spiro atoms. The Morgan fingerprint density at radius 2 is 1.73 bits per heavy atom. The third kappa shape index (κ3) is 5.27. The lowest BCUT2D eigenvalue weighted by atomic mass is 9.83. The Labute approximate surface area is 219 Å². The molecule has 0 bridgehead atoms. The summed E-state index contributed by atoms with van der Waals surface area (Å²) in [5, 5.41) is 10.5. The van der Waals surface area contributed by atoms with Gasteiger partial charge in [-0.25, -0.2) is 4.79 Å². The number of rotatable bonds is 6. The lowest BCUT2D eigenvalue weighted by molar-refractivity contribution is 0.0734. The molecule has 4 aromatic rings. The van der Waals surface area contributed by atoms with Crippen molar-refractivity contribution < 1.29 is 19.0 Å². The Morgan fingerprint density at radius 1 is 0.946 bits per heavy atom. The van der Waals surface area contributed by atoms with Gasteiger partial charge in [0.15, 0.2) is 0 Å². The van der Waals surface area contributed by atoms with Crippen LogP contribution in [0.4, 0.5) is 0 Å². The van der Waals surface area contributed by atoms with E-state index in [0.29, 0.717) is 34.4 Å². The maximum atomic E-state index is 12.5. The van der Waals surface area contributed by atoms with Crippen molar-refractivity contribution in [1.29, 1.82) is 5.26 Å². The highest BCUT2D eigenvalue weighted by molar-refractivity contribution is 6.30. The quantitative estimate of drug-likeness (QED) is 0.240. The van der Waals surface area contributed by atoms with Gasteiger partial charge in [0.05, 0.1) is 11.5 Å². The van der Waals surface area contributed by atoms with E-state index in [9.17, 15) is 10.1 Å². The Bertz CT molecular complexity index is 1530. The molecule has 1 unspecified atom stereocenters. The number of benzene rings is 4. The van der Waals surface area contributed by atoms with E-state index in [-0.39, 0.29) is 11.5 Å². The van der Waals surface area contributed by atoms with Gasteiger partial charge in [-0.05, 0) is 53.6 Å². The minimum atomic E-state index is -0.486. The van der Waals surface area contributed by atoms with Crippen LogP contribution < -0.4 is 19.9 Å². The SMILES string of the molecule is N#CC1=C(N)Oc2cc(OC(=O)c3ccccc3)ccc2C1c1cccc(OCc2ccc(Cl)cc2)c1. The molecule has 0 saturated heterocycles. The van der Waals surface area contributed by atoms with Crippen LogP contribution in [0.1, 0.15) is 33.0 Å². The number of halogens is 1. The van der Waals surface area contributed by atoms with Gasteiger partial charge in [0.1, 0.15) is 35.5 Å². The molecule has 37 heavy (non-hydrogen) atoms. The number of carbonyl (C=O) groups is 1. The molecule has 6 nitrogen and oxygen atoms in total. The number of esters is 1. The fourth-order valence-electron chi connectivity index (χ4n) is 4.11. The summed E-state index contributed by atoms with van der Waals surface area (Å²) in [6, 6.07) is 30.9. The number of hydrogen-bond acceptors (Lipinski definition) is 6. The first kappa shape index (κ1) is 24.0. The summed E-state index contributed by atoms with van der Waals surface area (Å²) in [5.41, 5.74) is 9.38. The van der Waals surface area contributed by atoms with E-state index in [2.05, 4.69) is 6.07 Å². The van der Waals surface area contributed by atoms with Crippen LogP contribution in [0, 0.1) is 11.3 Å². The summed E-state index contributed by atoms with van der Waals surface area (Å²) < 4.78 is 17.3. The summed E-state index contributed by atoms with van der Waals surface area (Å²) in [4.78, 5) is 12.5. The second-order valence-corrected chi connectivity index (χ2v) is 8.80. The second kappa shape index (κ2) is 10.5. The molecule has 1 atom stereocenters. The molecule has 0 amide bonds. The van der Waals surface area contributed by atoms with E-state index in [1.807, 2.05) is 54.6 Å². The maximum absolute atomic E-state index is 12.5. The second-order valence-electron chi connectivity index (χ2n) is 8.37. The van der Waals surface area contributed by atoms with E-state index in [4.69, 9.17) is 31.5 Å². The van der Waals surface area contributed by atoms with Crippen molar-refractivity contribution in [2.45, 2.75) is 12.5 Å². The first-order valence-electron chi connectivity index (χ1n) is 11.5.